The number of carbonyl (C=O) groups is 1. The Morgan fingerprint density at radius 2 is 1.90 bits per heavy atom. The fraction of sp³-hybridized carbons (Fsp3) is 0.188. The van der Waals surface area contributed by atoms with Crippen molar-refractivity contribution < 1.29 is 9.90 Å². The topological polar surface area (TPSA) is 75.3 Å². The summed E-state index contributed by atoms with van der Waals surface area (Å²) in [6.45, 7) is 3.88. The molecule has 0 saturated carbocycles. The van der Waals surface area contributed by atoms with Crippen LogP contribution in [0.25, 0.3) is 0 Å². The molecule has 4 N–H and O–H groups in total. The highest BCUT2D eigenvalue weighted by atomic mass is 16.3. The van der Waals surface area contributed by atoms with Crippen LogP contribution in [0.15, 0.2) is 36.4 Å². The number of nitrogens with two attached hydrogens (primary N) is 1. The van der Waals surface area contributed by atoms with Gasteiger partial charge in [-0.1, -0.05) is 24.3 Å². The molecule has 104 valence electrons. The summed E-state index contributed by atoms with van der Waals surface area (Å²) in [5.74, 6) is -0.0801. The van der Waals surface area contributed by atoms with Crippen LogP contribution in [-0.2, 0) is 11.2 Å². The Morgan fingerprint density at radius 1 is 1.20 bits per heavy atom. The molecule has 2 aromatic rings. The SMILES string of the molecule is Cc1ccc(N)c(NC(=O)Cc2ccccc2O)c1C. The average Bonchev–Trinajstić information content (AvgIpc) is 2.42. The van der Waals surface area contributed by atoms with Crippen molar-refractivity contribution in [2.75, 3.05) is 11.1 Å². The van der Waals surface area contributed by atoms with Gasteiger partial charge in [0.05, 0.1) is 17.8 Å². The molecular formula is C16H18N2O2. The van der Waals surface area contributed by atoms with Crippen LogP contribution in [0.3, 0.4) is 0 Å². The first-order chi connectivity index (χ1) is 9.49. The lowest BCUT2D eigenvalue weighted by Crippen LogP contribution is -2.16. The second-order valence-electron chi connectivity index (χ2n) is 4.83. The number of rotatable bonds is 3. The Bertz CT molecular complexity index is 651. The molecule has 0 heterocycles. The first-order valence-corrected chi connectivity index (χ1v) is 6.41. The fourth-order valence-electron chi connectivity index (χ4n) is 2.02. The molecule has 0 unspecified atom stereocenters. The second kappa shape index (κ2) is 5.65. The fourth-order valence-corrected chi connectivity index (χ4v) is 2.02. The van der Waals surface area contributed by atoms with Crippen molar-refractivity contribution >= 4 is 17.3 Å². The second-order valence-corrected chi connectivity index (χ2v) is 4.83. The van der Waals surface area contributed by atoms with Gasteiger partial charge in [-0.25, -0.2) is 0 Å². The van der Waals surface area contributed by atoms with E-state index in [0.717, 1.165) is 11.1 Å². The number of carbonyl (C=O) groups excluding carboxylic acids is 1. The minimum absolute atomic E-state index is 0.111. The van der Waals surface area contributed by atoms with Gasteiger partial charge in [0, 0.05) is 5.56 Å². The number of aryl methyl sites for hydroxylation is 1. The lowest BCUT2D eigenvalue weighted by atomic mass is 10.1. The van der Waals surface area contributed by atoms with Crippen molar-refractivity contribution in [1.82, 2.24) is 0 Å². The van der Waals surface area contributed by atoms with E-state index in [1.165, 1.54) is 0 Å². The van der Waals surface area contributed by atoms with Crippen LogP contribution in [0.1, 0.15) is 16.7 Å². The Balaban J connectivity index is 2.17. The maximum Gasteiger partial charge on any atom is 0.229 e. The average molecular weight is 270 g/mol. The number of benzene rings is 2. The normalized spacial score (nSPS) is 10.3. The summed E-state index contributed by atoms with van der Waals surface area (Å²) in [7, 11) is 0. The molecule has 0 aliphatic rings. The monoisotopic (exact) mass is 270 g/mol. The van der Waals surface area contributed by atoms with E-state index in [2.05, 4.69) is 5.32 Å². The molecule has 0 saturated heterocycles. The number of nitrogens with one attached hydrogen (secondary N) is 1. The Labute approximate surface area is 118 Å². The van der Waals surface area contributed by atoms with Crippen LogP contribution in [0.2, 0.25) is 0 Å². The van der Waals surface area contributed by atoms with Crippen molar-refractivity contribution in [2.24, 2.45) is 0 Å². The van der Waals surface area contributed by atoms with Crippen LogP contribution in [0, 0.1) is 13.8 Å². The van der Waals surface area contributed by atoms with Crippen LogP contribution in [0.4, 0.5) is 11.4 Å². The van der Waals surface area contributed by atoms with Gasteiger partial charge in [0.1, 0.15) is 5.75 Å². The Morgan fingerprint density at radius 3 is 2.60 bits per heavy atom. The maximum absolute atomic E-state index is 12.1. The number of hydrogen-bond donors (Lipinski definition) is 3. The number of para-hydroxylation sites is 1. The Hall–Kier alpha value is -2.49. The zero-order valence-electron chi connectivity index (χ0n) is 11.6. The van der Waals surface area contributed by atoms with E-state index in [9.17, 15) is 9.90 Å². The molecule has 0 aliphatic carbocycles. The van der Waals surface area contributed by atoms with Gasteiger partial charge < -0.3 is 16.2 Å². The third-order valence-electron chi connectivity index (χ3n) is 3.38. The summed E-state index contributed by atoms with van der Waals surface area (Å²) in [4.78, 5) is 12.1. The summed E-state index contributed by atoms with van der Waals surface area (Å²) < 4.78 is 0. The van der Waals surface area contributed by atoms with Crippen LogP contribution >= 0.6 is 0 Å². The summed E-state index contributed by atoms with van der Waals surface area (Å²) >= 11 is 0. The van der Waals surface area contributed by atoms with E-state index in [1.54, 1.807) is 30.3 Å². The van der Waals surface area contributed by atoms with Crippen molar-refractivity contribution in [1.29, 1.82) is 0 Å². The van der Waals surface area contributed by atoms with Crippen molar-refractivity contribution in [3.63, 3.8) is 0 Å². The minimum Gasteiger partial charge on any atom is -0.508 e. The molecule has 1 amide bonds. The molecule has 0 aliphatic heterocycles. The zero-order valence-corrected chi connectivity index (χ0v) is 11.6. The third-order valence-corrected chi connectivity index (χ3v) is 3.38. The molecule has 2 aromatic carbocycles. The van der Waals surface area contributed by atoms with Gasteiger partial charge in [0.25, 0.3) is 0 Å². The summed E-state index contributed by atoms with van der Waals surface area (Å²) in [6, 6.07) is 10.5. The number of aromatic hydroxyl groups is 1. The maximum atomic E-state index is 12.1. The molecule has 0 bridgehead atoms. The number of anilines is 2. The van der Waals surface area contributed by atoms with E-state index < -0.39 is 0 Å². The van der Waals surface area contributed by atoms with Crippen molar-refractivity contribution in [3.8, 4) is 5.75 Å². The lowest BCUT2D eigenvalue weighted by Gasteiger charge is -2.13. The highest BCUT2D eigenvalue weighted by Crippen LogP contribution is 2.26. The van der Waals surface area contributed by atoms with Gasteiger partial charge in [-0.2, -0.15) is 0 Å². The molecule has 0 radical (unpaired) electrons. The number of amides is 1. The summed E-state index contributed by atoms with van der Waals surface area (Å²) in [5.41, 5.74) is 9.69. The van der Waals surface area contributed by atoms with E-state index in [1.807, 2.05) is 19.9 Å². The predicted molar refractivity (Wildman–Crippen MR) is 80.8 cm³/mol. The minimum atomic E-state index is -0.202. The number of phenols is 1. The molecule has 4 heteroatoms. The first kappa shape index (κ1) is 13.9. The lowest BCUT2D eigenvalue weighted by molar-refractivity contribution is -0.115. The molecule has 4 nitrogen and oxygen atoms in total. The van der Waals surface area contributed by atoms with Crippen LogP contribution < -0.4 is 11.1 Å². The third kappa shape index (κ3) is 2.91. The Kier molecular flexibility index (Phi) is 3.94. The predicted octanol–water partition coefficient (Wildman–Crippen LogP) is 2.77. The zero-order chi connectivity index (χ0) is 14.7. The van der Waals surface area contributed by atoms with Crippen molar-refractivity contribution in [3.05, 3.63) is 53.1 Å². The summed E-state index contributed by atoms with van der Waals surface area (Å²) in [5, 5.41) is 12.5. The van der Waals surface area contributed by atoms with Gasteiger partial charge in [-0.05, 0) is 37.1 Å². The van der Waals surface area contributed by atoms with E-state index in [4.69, 9.17) is 5.73 Å². The smallest absolute Gasteiger partial charge is 0.229 e. The van der Waals surface area contributed by atoms with Gasteiger partial charge >= 0.3 is 0 Å². The molecule has 0 spiro atoms. The highest BCUT2D eigenvalue weighted by Gasteiger charge is 2.11. The number of nitrogen functional groups attached to an aromatic ring is 1. The molecule has 2 rings (SSSR count). The molecular weight excluding hydrogens is 252 g/mol. The van der Waals surface area contributed by atoms with E-state index >= 15 is 0 Å². The van der Waals surface area contributed by atoms with Gasteiger partial charge in [-0.3, -0.25) is 4.79 Å². The number of hydrogen-bond acceptors (Lipinski definition) is 3. The summed E-state index contributed by atoms with van der Waals surface area (Å²) in [6.07, 6.45) is 0.111. The van der Waals surface area contributed by atoms with Crippen LogP contribution in [-0.4, -0.2) is 11.0 Å². The van der Waals surface area contributed by atoms with E-state index in [-0.39, 0.29) is 18.1 Å². The van der Waals surface area contributed by atoms with Gasteiger partial charge in [-0.15, -0.1) is 0 Å². The van der Waals surface area contributed by atoms with Gasteiger partial charge in [0.2, 0.25) is 5.91 Å². The quantitative estimate of drug-likeness (QED) is 0.751. The highest BCUT2D eigenvalue weighted by molar-refractivity contribution is 5.96. The molecule has 20 heavy (non-hydrogen) atoms. The first-order valence-electron chi connectivity index (χ1n) is 6.41. The van der Waals surface area contributed by atoms with E-state index in [0.29, 0.717) is 16.9 Å². The van der Waals surface area contributed by atoms with Gasteiger partial charge in [0.15, 0.2) is 0 Å². The largest absolute Gasteiger partial charge is 0.508 e. The van der Waals surface area contributed by atoms with Crippen molar-refractivity contribution in [2.45, 2.75) is 20.3 Å². The number of phenolic OH excluding ortho intramolecular Hbond substituents is 1. The molecule has 0 fully saturated rings. The molecule has 0 aromatic heterocycles. The standard InChI is InChI=1S/C16H18N2O2/c1-10-7-8-13(17)16(11(10)2)18-15(20)9-12-5-3-4-6-14(12)19/h3-8,19H,9,17H2,1-2H3,(H,18,20). The van der Waals surface area contributed by atoms with Crippen LogP contribution in [0.5, 0.6) is 5.75 Å². The molecule has 0 atom stereocenters.